The van der Waals surface area contributed by atoms with Crippen LogP contribution in [-0.2, 0) is 18.3 Å². The molecule has 5 heteroatoms. The predicted molar refractivity (Wildman–Crippen MR) is 74.2 cm³/mol. The quantitative estimate of drug-likeness (QED) is 0.604. The Bertz CT molecular complexity index is 241. The summed E-state index contributed by atoms with van der Waals surface area (Å²) in [4.78, 5) is 0. The Labute approximate surface area is 113 Å². The van der Waals surface area contributed by atoms with Gasteiger partial charge in [-0.2, -0.15) is 0 Å². The third kappa shape index (κ3) is 3.14. The van der Waals surface area contributed by atoms with Crippen LogP contribution in [0.2, 0.25) is 6.04 Å². The predicted octanol–water partition coefficient (Wildman–Crippen LogP) is 2.11. The summed E-state index contributed by atoms with van der Waals surface area (Å²) in [6.45, 7) is 8.93. The third-order valence-electron chi connectivity index (χ3n) is 4.12. The summed E-state index contributed by atoms with van der Waals surface area (Å²) in [5.41, 5.74) is -0.0661. The Morgan fingerprint density at radius 1 is 1.22 bits per heavy atom. The molecule has 0 N–H and O–H groups in total. The third-order valence-corrected chi connectivity index (χ3v) is 6.16. The van der Waals surface area contributed by atoms with Gasteiger partial charge in [-0.25, -0.2) is 0 Å². The van der Waals surface area contributed by atoms with Gasteiger partial charge in [0.15, 0.2) is 0 Å². The van der Waals surface area contributed by atoms with Crippen LogP contribution in [0, 0.1) is 5.41 Å². The molecule has 0 aliphatic carbocycles. The fourth-order valence-corrected chi connectivity index (χ4v) is 4.62. The molecule has 1 saturated heterocycles. The zero-order valence-corrected chi connectivity index (χ0v) is 13.6. The summed E-state index contributed by atoms with van der Waals surface area (Å²) in [7, 11) is 1.83. The van der Waals surface area contributed by atoms with E-state index in [1.165, 1.54) is 0 Å². The molecule has 1 unspecified atom stereocenters. The van der Waals surface area contributed by atoms with Crippen LogP contribution in [-0.4, -0.2) is 48.9 Å². The Balaban J connectivity index is 2.83. The molecule has 0 bridgehead atoms. The Hall–Kier alpha value is 0.0569. The van der Waals surface area contributed by atoms with Gasteiger partial charge in [0.05, 0.1) is 18.8 Å². The molecule has 0 aromatic rings. The van der Waals surface area contributed by atoms with Gasteiger partial charge in [0.1, 0.15) is 0 Å². The second kappa shape index (κ2) is 7.00. The first kappa shape index (κ1) is 16.1. The van der Waals surface area contributed by atoms with Crippen molar-refractivity contribution >= 4 is 9.28 Å². The van der Waals surface area contributed by atoms with E-state index in [1.807, 2.05) is 0 Å². The Kier molecular flexibility index (Phi) is 6.27. The molecule has 0 aromatic heterocycles. The summed E-state index contributed by atoms with van der Waals surface area (Å²) in [6.07, 6.45) is 2.01. The van der Waals surface area contributed by atoms with Gasteiger partial charge in [-0.05, 0) is 12.8 Å². The Morgan fingerprint density at radius 3 is 2.17 bits per heavy atom. The standard InChI is InChI=1S/C13H28O4Si/c1-6-8-17-13(7-2,11-18(14-4)15-5)12(3)9-16-10-12/h18H,6-11H2,1-5H3. The van der Waals surface area contributed by atoms with E-state index in [0.717, 1.165) is 38.7 Å². The van der Waals surface area contributed by atoms with E-state index in [4.69, 9.17) is 18.3 Å². The van der Waals surface area contributed by atoms with Crippen LogP contribution in [0.4, 0.5) is 0 Å². The summed E-state index contributed by atoms with van der Waals surface area (Å²) in [5, 5.41) is 0. The van der Waals surface area contributed by atoms with Crippen molar-refractivity contribution in [2.24, 2.45) is 5.41 Å². The van der Waals surface area contributed by atoms with Crippen molar-refractivity contribution in [3.63, 3.8) is 0 Å². The minimum Gasteiger partial charge on any atom is -0.400 e. The summed E-state index contributed by atoms with van der Waals surface area (Å²) in [5.74, 6) is 0. The second-order valence-corrected chi connectivity index (χ2v) is 7.57. The van der Waals surface area contributed by atoms with Gasteiger partial charge in [-0.15, -0.1) is 0 Å². The number of hydrogen-bond acceptors (Lipinski definition) is 4. The fourth-order valence-electron chi connectivity index (χ4n) is 2.65. The van der Waals surface area contributed by atoms with Gasteiger partial charge in [-0.3, -0.25) is 0 Å². The van der Waals surface area contributed by atoms with Gasteiger partial charge in [0.2, 0.25) is 0 Å². The number of ether oxygens (including phenoxy) is 2. The fraction of sp³-hybridized carbons (Fsp3) is 1.00. The molecule has 0 spiro atoms. The van der Waals surface area contributed by atoms with E-state index in [1.54, 1.807) is 14.2 Å². The molecule has 1 aliphatic heterocycles. The van der Waals surface area contributed by atoms with Crippen molar-refractivity contribution in [2.45, 2.75) is 45.3 Å². The van der Waals surface area contributed by atoms with Crippen LogP contribution in [0.3, 0.4) is 0 Å². The minimum atomic E-state index is -1.64. The van der Waals surface area contributed by atoms with E-state index in [-0.39, 0.29) is 11.0 Å². The maximum atomic E-state index is 6.26. The molecule has 1 heterocycles. The SMILES string of the molecule is CCCOC(CC)(C[SiH](OC)OC)C1(C)COC1. The van der Waals surface area contributed by atoms with E-state index < -0.39 is 9.28 Å². The lowest BCUT2D eigenvalue weighted by molar-refractivity contribution is -0.228. The molecule has 4 nitrogen and oxygen atoms in total. The lowest BCUT2D eigenvalue weighted by atomic mass is 9.71. The van der Waals surface area contributed by atoms with E-state index >= 15 is 0 Å². The van der Waals surface area contributed by atoms with Gasteiger partial charge >= 0.3 is 9.28 Å². The van der Waals surface area contributed by atoms with Crippen LogP contribution >= 0.6 is 0 Å². The topological polar surface area (TPSA) is 36.9 Å². The zero-order chi connectivity index (χ0) is 13.6. The molecular weight excluding hydrogens is 248 g/mol. The maximum Gasteiger partial charge on any atom is 0.323 e. The Morgan fingerprint density at radius 2 is 1.83 bits per heavy atom. The highest BCUT2D eigenvalue weighted by Crippen LogP contribution is 2.46. The first-order chi connectivity index (χ1) is 8.57. The molecule has 0 aromatic carbocycles. The average Bonchev–Trinajstić information content (AvgIpc) is 2.37. The minimum absolute atomic E-state index is 0.0965. The normalized spacial score (nSPS) is 21.7. The summed E-state index contributed by atoms with van der Waals surface area (Å²) >= 11 is 0. The highest BCUT2D eigenvalue weighted by atomic mass is 28.3. The van der Waals surface area contributed by atoms with Crippen molar-refractivity contribution in [3.05, 3.63) is 0 Å². The average molecular weight is 276 g/mol. The molecule has 0 saturated carbocycles. The summed E-state index contributed by atoms with van der Waals surface area (Å²) in [6, 6.07) is 0.885. The second-order valence-electron chi connectivity index (χ2n) is 5.35. The van der Waals surface area contributed by atoms with Crippen LogP contribution in [0.25, 0.3) is 0 Å². The molecule has 108 valence electrons. The summed E-state index contributed by atoms with van der Waals surface area (Å²) < 4.78 is 22.7. The lowest BCUT2D eigenvalue weighted by Gasteiger charge is -2.53. The highest BCUT2D eigenvalue weighted by Gasteiger charge is 2.54. The van der Waals surface area contributed by atoms with Crippen LogP contribution in [0.1, 0.15) is 33.6 Å². The number of rotatable bonds is 9. The van der Waals surface area contributed by atoms with E-state index in [9.17, 15) is 0 Å². The van der Waals surface area contributed by atoms with Crippen LogP contribution in [0.15, 0.2) is 0 Å². The lowest BCUT2D eigenvalue weighted by Crippen LogP contribution is -2.60. The monoisotopic (exact) mass is 276 g/mol. The number of hydrogen-bond donors (Lipinski definition) is 0. The van der Waals surface area contributed by atoms with Gasteiger partial charge in [-0.1, -0.05) is 20.8 Å². The zero-order valence-electron chi connectivity index (χ0n) is 12.5. The largest absolute Gasteiger partial charge is 0.400 e. The van der Waals surface area contributed by atoms with Crippen molar-refractivity contribution in [3.8, 4) is 0 Å². The van der Waals surface area contributed by atoms with Crippen LogP contribution in [0.5, 0.6) is 0 Å². The van der Waals surface area contributed by atoms with Crippen LogP contribution < -0.4 is 0 Å². The van der Waals surface area contributed by atoms with E-state index in [0.29, 0.717) is 0 Å². The highest BCUT2D eigenvalue weighted by molar-refractivity contribution is 6.44. The van der Waals surface area contributed by atoms with Crippen molar-refractivity contribution < 1.29 is 18.3 Å². The van der Waals surface area contributed by atoms with Gasteiger partial charge < -0.3 is 18.3 Å². The molecule has 1 rings (SSSR count). The molecule has 1 atom stereocenters. The molecule has 18 heavy (non-hydrogen) atoms. The molecule has 0 radical (unpaired) electrons. The molecular formula is C13H28O4Si. The first-order valence-corrected chi connectivity index (χ1v) is 8.60. The van der Waals surface area contributed by atoms with Gasteiger partial charge in [0.25, 0.3) is 0 Å². The molecule has 1 aliphatic rings. The maximum absolute atomic E-state index is 6.26. The van der Waals surface area contributed by atoms with Gasteiger partial charge in [0, 0.05) is 32.3 Å². The van der Waals surface area contributed by atoms with Crippen molar-refractivity contribution in [1.29, 1.82) is 0 Å². The smallest absolute Gasteiger partial charge is 0.323 e. The molecule has 1 fully saturated rings. The molecule has 0 amide bonds. The van der Waals surface area contributed by atoms with E-state index in [2.05, 4.69) is 20.8 Å². The van der Waals surface area contributed by atoms with Crippen molar-refractivity contribution in [1.82, 2.24) is 0 Å². The first-order valence-electron chi connectivity index (χ1n) is 6.84. The van der Waals surface area contributed by atoms with Crippen molar-refractivity contribution in [2.75, 3.05) is 34.0 Å².